The Morgan fingerprint density at radius 1 is 0.950 bits per heavy atom. The summed E-state index contributed by atoms with van der Waals surface area (Å²) < 4.78 is 13.7. The molecular weight excluding hydrogens is 277 g/mol. The molecule has 20 heavy (non-hydrogen) atoms. The maximum absolute atomic E-state index is 13.7. The highest BCUT2D eigenvalue weighted by molar-refractivity contribution is 6.33. The lowest BCUT2D eigenvalue weighted by atomic mass is 10.2. The van der Waals surface area contributed by atoms with Gasteiger partial charge in [-0.15, -0.1) is 0 Å². The Kier molecular flexibility index (Phi) is 3.74. The Morgan fingerprint density at radius 3 is 2.35 bits per heavy atom. The van der Waals surface area contributed by atoms with Crippen molar-refractivity contribution < 1.29 is 4.39 Å². The highest BCUT2D eigenvalue weighted by Crippen LogP contribution is 2.27. The largest absolute Gasteiger partial charge is 0.367 e. The van der Waals surface area contributed by atoms with E-state index < -0.39 is 0 Å². The molecule has 1 aromatic carbocycles. The van der Waals surface area contributed by atoms with E-state index in [1.165, 1.54) is 6.07 Å². The molecule has 1 aromatic heterocycles. The van der Waals surface area contributed by atoms with E-state index in [1.807, 2.05) is 29.2 Å². The van der Waals surface area contributed by atoms with Gasteiger partial charge in [0.2, 0.25) is 0 Å². The van der Waals surface area contributed by atoms with Crippen molar-refractivity contribution in [2.75, 3.05) is 36.0 Å². The molecule has 2 heterocycles. The summed E-state index contributed by atoms with van der Waals surface area (Å²) in [6, 6.07) is 10.9. The minimum atomic E-state index is -0.265. The molecule has 1 fully saturated rings. The van der Waals surface area contributed by atoms with Crippen molar-refractivity contribution in [3.8, 4) is 0 Å². The first kappa shape index (κ1) is 13.2. The van der Waals surface area contributed by atoms with Crippen molar-refractivity contribution in [2.45, 2.75) is 0 Å². The minimum Gasteiger partial charge on any atom is -0.367 e. The average Bonchev–Trinajstić information content (AvgIpc) is 2.49. The summed E-state index contributed by atoms with van der Waals surface area (Å²) in [6.07, 6.45) is 1.62. The SMILES string of the molecule is Fc1cccnc1N1CCN(c2ccccc2Cl)CC1. The standard InChI is InChI=1S/C15H15ClFN3/c16-12-4-1-2-6-14(12)19-8-10-20(11-9-19)15-13(17)5-3-7-18-15/h1-7H,8-11H2. The molecule has 0 bridgehead atoms. The molecule has 0 spiro atoms. The fraction of sp³-hybridized carbons (Fsp3) is 0.267. The van der Waals surface area contributed by atoms with Gasteiger partial charge in [0.05, 0.1) is 10.7 Å². The number of halogens is 2. The van der Waals surface area contributed by atoms with Gasteiger partial charge in [0, 0.05) is 32.4 Å². The number of hydrogen-bond acceptors (Lipinski definition) is 3. The molecule has 1 aliphatic rings. The lowest BCUT2D eigenvalue weighted by Gasteiger charge is -2.37. The van der Waals surface area contributed by atoms with Gasteiger partial charge in [-0.1, -0.05) is 23.7 Å². The van der Waals surface area contributed by atoms with Gasteiger partial charge in [0.15, 0.2) is 11.6 Å². The van der Waals surface area contributed by atoms with Gasteiger partial charge in [-0.05, 0) is 24.3 Å². The first-order valence-electron chi connectivity index (χ1n) is 6.60. The van der Waals surface area contributed by atoms with Crippen molar-refractivity contribution in [3.63, 3.8) is 0 Å². The summed E-state index contributed by atoms with van der Waals surface area (Å²) in [4.78, 5) is 8.32. The van der Waals surface area contributed by atoms with E-state index in [2.05, 4.69) is 9.88 Å². The van der Waals surface area contributed by atoms with Crippen molar-refractivity contribution in [1.82, 2.24) is 4.98 Å². The highest BCUT2D eigenvalue weighted by atomic mass is 35.5. The number of benzene rings is 1. The minimum absolute atomic E-state index is 0.265. The molecule has 104 valence electrons. The lowest BCUT2D eigenvalue weighted by molar-refractivity contribution is 0.588. The van der Waals surface area contributed by atoms with E-state index >= 15 is 0 Å². The molecule has 0 saturated carbocycles. The summed E-state index contributed by atoms with van der Waals surface area (Å²) in [5, 5.41) is 0.755. The predicted octanol–water partition coefficient (Wildman–Crippen LogP) is 3.20. The molecule has 3 rings (SSSR count). The van der Waals surface area contributed by atoms with Crippen LogP contribution in [0.3, 0.4) is 0 Å². The van der Waals surface area contributed by atoms with Crippen LogP contribution in [0.25, 0.3) is 0 Å². The average molecular weight is 292 g/mol. The van der Waals surface area contributed by atoms with E-state index in [-0.39, 0.29) is 5.82 Å². The van der Waals surface area contributed by atoms with Gasteiger partial charge in [0.25, 0.3) is 0 Å². The van der Waals surface area contributed by atoms with Crippen LogP contribution in [0, 0.1) is 5.82 Å². The molecular formula is C15H15ClFN3. The van der Waals surface area contributed by atoms with Gasteiger partial charge in [-0.2, -0.15) is 0 Å². The molecule has 0 N–H and O–H groups in total. The van der Waals surface area contributed by atoms with Crippen LogP contribution < -0.4 is 9.80 Å². The third-order valence-corrected chi connectivity index (χ3v) is 3.83. The van der Waals surface area contributed by atoms with E-state index in [1.54, 1.807) is 12.3 Å². The molecule has 1 aliphatic heterocycles. The molecule has 5 heteroatoms. The Balaban J connectivity index is 1.72. The molecule has 3 nitrogen and oxygen atoms in total. The quantitative estimate of drug-likeness (QED) is 0.847. The normalized spacial score (nSPS) is 15.5. The van der Waals surface area contributed by atoms with Crippen molar-refractivity contribution in [2.24, 2.45) is 0 Å². The van der Waals surface area contributed by atoms with Crippen LogP contribution in [-0.2, 0) is 0 Å². The third kappa shape index (κ3) is 2.56. The van der Waals surface area contributed by atoms with Gasteiger partial charge in [-0.3, -0.25) is 0 Å². The Bertz CT molecular complexity index is 544. The molecule has 0 atom stereocenters. The monoisotopic (exact) mass is 291 g/mol. The number of nitrogens with zero attached hydrogens (tertiary/aromatic N) is 3. The van der Waals surface area contributed by atoms with Gasteiger partial charge in [-0.25, -0.2) is 9.37 Å². The topological polar surface area (TPSA) is 19.4 Å². The van der Waals surface area contributed by atoms with E-state index in [0.717, 1.165) is 36.9 Å². The summed E-state index contributed by atoms with van der Waals surface area (Å²) in [5.41, 5.74) is 1.04. The fourth-order valence-corrected chi connectivity index (χ4v) is 2.73. The number of pyridine rings is 1. The van der Waals surface area contributed by atoms with Crippen LogP contribution in [0.4, 0.5) is 15.9 Å². The number of para-hydroxylation sites is 1. The second-order valence-corrected chi connectivity index (χ2v) is 5.14. The smallest absolute Gasteiger partial charge is 0.165 e. The molecule has 2 aromatic rings. The van der Waals surface area contributed by atoms with Crippen molar-refractivity contribution >= 4 is 23.1 Å². The number of rotatable bonds is 2. The van der Waals surface area contributed by atoms with Crippen LogP contribution in [0.2, 0.25) is 5.02 Å². The summed E-state index contributed by atoms with van der Waals surface area (Å²) in [5.74, 6) is 0.171. The Hall–Kier alpha value is -1.81. The third-order valence-electron chi connectivity index (χ3n) is 3.51. The Morgan fingerprint density at radius 2 is 1.65 bits per heavy atom. The lowest BCUT2D eigenvalue weighted by Crippen LogP contribution is -2.47. The first-order valence-corrected chi connectivity index (χ1v) is 6.98. The van der Waals surface area contributed by atoms with E-state index in [9.17, 15) is 4.39 Å². The van der Waals surface area contributed by atoms with Crippen LogP contribution in [0.5, 0.6) is 0 Å². The molecule has 0 radical (unpaired) electrons. The highest BCUT2D eigenvalue weighted by Gasteiger charge is 2.21. The van der Waals surface area contributed by atoms with Gasteiger partial charge < -0.3 is 9.80 Å². The number of aromatic nitrogens is 1. The zero-order valence-electron chi connectivity index (χ0n) is 11.0. The van der Waals surface area contributed by atoms with Crippen LogP contribution in [0.1, 0.15) is 0 Å². The fourth-order valence-electron chi connectivity index (χ4n) is 2.48. The zero-order chi connectivity index (χ0) is 13.9. The summed E-state index contributed by atoms with van der Waals surface area (Å²) >= 11 is 6.21. The molecule has 1 saturated heterocycles. The maximum atomic E-state index is 13.7. The van der Waals surface area contributed by atoms with Gasteiger partial charge >= 0.3 is 0 Å². The second kappa shape index (κ2) is 5.67. The van der Waals surface area contributed by atoms with E-state index in [4.69, 9.17) is 11.6 Å². The van der Waals surface area contributed by atoms with E-state index in [0.29, 0.717) is 5.82 Å². The van der Waals surface area contributed by atoms with Gasteiger partial charge in [0.1, 0.15) is 0 Å². The van der Waals surface area contributed by atoms with Crippen molar-refractivity contribution in [3.05, 3.63) is 53.4 Å². The zero-order valence-corrected chi connectivity index (χ0v) is 11.7. The summed E-state index contributed by atoms with van der Waals surface area (Å²) in [7, 11) is 0. The number of piperazine rings is 1. The van der Waals surface area contributed by atoms with Crippen LogP contribution >= 0.6 is 11.6 Å². The molecule has 0 unspecified atom stereocenters. The van der Waals surface area contributed by atoms with Crippen molar-refractivity contribution in [1.29, 1.82) is 0 Å². The molecule has 0 amide bonds. The van der Waals surface area contributed by atoms with Crippen LogP contribution in [-0.4, -0.2) is 31.2 Å². The second-order valence-electron chi connectivity index (χ2n) is 4.73. The maximum Gasteiger partial charge on any atom is 0.165 e. The number of hydrogen-bond donors (Lipinski definition) is 0. The number of anilines is 2. The summed E-state index contributed by atoms with van der Waals surface area (Å²) in [6.45, 7) is 3.08. The van der Waals surface area contributed by atoms with Crippen LogP contribution in [0.15, 0.2) is 42.6 Å². The molecule has 0 aliphatic carbocycles. The Labute approximate surface area is 122 Å². The first-order chi connectivity index (χ1) is 9.75. The predicted molar refractivity (Wildman–Crippen MR) is 80.1 cm³/mol.